The van der Waals surface area contributed by atoms with E-state index in [0.29, 0.717) is 22.0 Å². The van der Waals surface area contributed by atoms with Crippen LogP contribution in [0.25, 0.3) is 0 Å². The van der Waals surface area contributed by atoms with Crippen LogP contribution in [0, 0.1) is 0 Å². The number of piperidine rings is 1. The summed E-state index contributed by atoms with van der Waals surface area (Å²) in [5, 5.41) is 14.3. The van der Waals surface area contributed by atoms with Crippen LogP contribution in [-0.2, 0) is 4.79 Å². The molecule has 0 saturated carbocycles. The molecule has 5 nitrogen and oxygen atoms in total. The van der Waals surface area contributed by atoms with E-state index in [-0.39, 0.29) is 5.91 Å². The van der Waals surface area contributed by atoms with Crippen LogP contribution in [0.5, 0.6) is 0 Å². The summed E-state index contributed by atoms with van der Waals surface area (Å²) in [6, 6.07) is 3.24. The van der Waals surface area contributed by atoms with Gasteiger partial charge in [-0.25, -0.2) is 0 Å². The Kier molecular flexibility index (Phi) is 5.22. The van der Waals surface area contributed by atoms with E-state index in [1.54, 1.807) is 23.9 Å². The molecule has 0 aromatic carbocycles. The number of anilines is 1. The summed E-state index contributed by atoms with van der Waals surface area (Å²) >= 11 is 7.32. The second kappa shape index (κ2) is 6.92. The average molecular weight is 287 g/mol. The summed E-state index contributed by atoms with van der Waals surface area (Å²) in [7, 11) is 0. The van der Waals surface area contributed by atoms with Gasteiger partial charge in [0.25, 0.3) is 0 Å². The second-order valence-electron chi connectivity index (χ2n) is 4.05. The quantitative estimate of drug-likeness (QED) is 0.879. The van der Waals surface area contributed by atoms with Crippen molar-refractivity contribution in [3.05, 3.63) is 17.3 Å². The normalized spacial score (nSPS) is 16.5. The van der Waals surface area contributed by atoms with Gasteiger partial charge in [0.2, 0.25) is 5.91 Å². The second-order valence-corrected chi connectivity index (χ2v) is 5.73. The van der Waals surface area contributed by atoms with E-state index in [1.165, 1.54) is 0 Å². The lowest BCUT2D eigenvalue weighted by atomic mass is 10.2. The number of amides is 1. The number of rotatable bonds is 4. The Morgan fingerprint density at radius 3 is 2.89 bits per heavy atom. The Hall–Kier alpha value is -0.850. The molecule has 0 aliphatic carbocycles. The highest BCUT2D eigenvalue weighted by atomic mass is 35.5. The molecular weight excluding hydrogens is 272 g/mol. The number of carbonyl (C=O) groups excluding carboxylic acids is 1. The first-order valence-corrected chi connectivity index (χ1v) is 7.28. The van der Waals surface area contributed by atoms with Crippen LogP contribution in [0.2, 0.25) is 5.15 Å². The van der Waals surface area contributed by atoms with Crippen LogP contribution in [0.1, 0.15) is 12.8 Å². The highest BCUT2D eigenvalue weighted by Gasteiger charge is 2.15. The minimum atomic E-state index is -0.0462. The maximum Gasteiger partial charge on any atom is 0.235 e. The lowest BCUT2D eigenvalue weighted by molar-refractivity contribution is -0.113. The molecule has 1 fully saturated rings. The van der Waals surface area contributed by atoms with Crippen LogP contribution in [0.4, 0.5) is 5.82 Å². The molecule has 2 heterocycles. The highest BCUT2D eigenvalue weighted by Crippen LogP contribution is 2.20. The Bertz CT molecular complexity index is 395. The third-order valence-electron chi connectivity index (χ3n) is 2.64. The fourth-order valence-corrected chi connectivity index (χ4v) is 2.85. The number of hydrogen-bond donors (Lipinski definition) is 2. The molecule has 2 rings (SSSR count). The van der Waals surface area contributed by atoms with Crippen molar-refractivity contribution >= 4 is 35.1 Å². The third-order valence-corrected chi connectivity index (χ3v) is 4.21. The lowest BCUT2D eigenvalue weighted by Gasteiger charge is -2.21. The maximum atomic E-state index is 11.7. The first kappa shape index (κ1) is 13.6. The molecule has 0 atom stereocenters. The van der Waals surface area contributed by atoms with Crippen LogP contribution < -0.4 is 10.6 Å². The standard InChI is InChI=1S/C11H15ClN4OS/c12-9-1-2-10(16-15-9)14-11(17)7-18-8-3-5-13-6-4-8/h1-2,8,13H,3-7H2,(H,14,16,17). The smallest absolute Gasteiger partial charge is 0.235 e. The molecule has 18 heavy (non-hydrogen) atoms. The molecule has 2 N–H and O–H groups in total. The lowest BCUT2D eigenvalue weighted by Crippen LogP contribution is -2.30. The first-order chi connectivity index (χ1) is 8.74. The van der Waals surface area contributed by atoms with Gasteiger partial charge in [-0.1, -0.05) is 11.6 Å². The molecule has 0 spiro atoms. The predicted molar refractivity (Wildman–Crippen MR) is 74.0 cm³/mol. The van der Waals surface area contributed by atoms with Gasteiger partial charge in [-0.05, 0) is 38.1 Å². The highest BCUT2D eigenvalue weighted by molar-refractivity contribution is 8.00. The van der Waals surface area contributed by atoms with Gasteiger partial charge in [-0.3, -0.25) is 4.79 Å². The molecular formula is C11H15ClN4OS. The number of carbonyl (C=O) groups is 1. The van der Waals surface area contributed by atoms with Crippen LogP contribution in [-0.4, -0.2) is 40.2 Å². The molecule has 1 aliphatic heterocycles. The zero-order chi connectivity index (χ0) is 12.8. The zero-order valence-corrected chi connectivity index (χ0v) is 11.4. The number of halogens is 1. The van der Waals surface area contributed by atoms with Crippen molar-refractivity contribution in [1.82, 2.24) is 15.5 Å². The Morgan fingerprint density at radius 1 is 1.44 bits per heavy atom. The molecule has 7 heteroatoms. The fraction of sp³-hybridized carbons (Fsp3) is 0.545. The van der Waals surface area contributed by atoms with Crippen molar-refractivity contribution in [2.45, 2.75) is 18.1 Å². The van der Waals surface area contributed by atoms with Gasteiger partial charge in [0.1, 0.15) is 0 Å². The SMILES string of the molecule is O=C(CSC1CCNCC1)Nc1ccc(Cl)nn1. The van der Waals surface area contributed by atoms with Crippen LogP contribution >= 0.6 is 23.4 Å². The molecule has 98 valence electrons. The largest absolute Gasteiger partial charge is 0.317 e. The van der Waals surface area contributed by atoms with Gasteiger partial charge in [0, 0.05) is 5.25 Å². The van der Waals surface area contributed by atoms with Crippen molar-refractivity contribution < 1.29 is 4.79 Å². The van der Waals surface area contributed by atoms with E-state index in [9.17, 15) is 4.79 Å². The van der Waals surface area contributed by atoms with E-state index < -0.39 is 0 Å². The van der Waals surface area contributed by atoms with E-state index in [4.69, 9.17) is 11.6 Å². The van der Waals surface area contributed by atoms with E-state index in [2.05, 4.69) is 20.8 Å². The zero-order valence-electron chi connectivity index (χ0n) is 9.86. The van der Waals surface area contributed by atoms with Crippen LogP contribution in [0.15, 0.2) is 12.1 Å². The molecule has 1 amide bonds. The van der Waals surface area contributed by atoms with E-state index >= 15 is 0 Å². The van der Waals surface area contributed by atoms with E-state index in [0.717, 1.165) is 25.9 Å². The van der Waals surface area contributed by atoms with Gasteiger partial charge < -0.3 is 10.6 Å². The molecule has 0 bridgehead atoms. The van der Waals surface area contributed by atoms with Crippen molar-refractivity contribution in [2.24, 2.45) is 0 Å². The number of hydrogen-bond acceptors (Lipinski definition) is 5. The minimum Gasteiger partial charge on any atom is -0.317 e. The molecule has 1 aromatic rings. The predicted octanol–water partition coefficient (Wildman–Crippen LogP) is 1.55. The summed E-state index contributed by atoms with van der Waals surface area (Å²) in [6.07, 6.45) is 2.25. The minimum absolute atomic E-state index is 0.0462. The van der Waals surface area contributed by atoms with Crippen molar-refractivity contribution in [3.8, 4) is 0 Å². The van der Waals surface area contributed by atoms with Gasteiger partial charge in [-0.15, -0.1) is 22.0 Å². The molecule has 1 aromatic heterocycles. The number of nitrogens with zero attached hydrogens (tertiary/aromatic N) is 2. The number of nitrogens with one attached hydrogen (secondary N) is 2. The summed E-state index contributed by atoms with van der Waals surface area (Å²) in [5.41, 5.74) is 0. The van der Waals surface area contributed by atoms with Gasteiger partial charge in [-0.2, -0.15) is 0 Å². The van der Waals surface area contributed by atoms with Gasteiger partial charge >= 0.3 is 0 Å². The maximum absolute atomic E-state index is 11.7. The summed E-state index contributed by atoms with van der Waals surface area (Å²) in [5.74, 6) is 0.847. The van der Waals surface area contributed by atoms with Crippen molar-refractivity contribution in [3.63, 3.8) is 0 Å². The summed E-state index contributed by atoms with van der Waals surface area (Å²) in [6.45, 7) is 2.09. The summed E-state index contributed by atoms with van der Waals surface area (Å²) in [4.78, 5) is 11.7. The monoisotopic (exact) mass is 286 g/mol. The van der Waals surface area contributed by atoms with Crippen LogP contribution in [0.3, 0.4) is 0 Å². The molecule has 0 unspecified atom stereocenters. The number of thioether (sulfide) groups is 1. The average Bonchev–Trinajstić information content (AvgIpc) is 2.40. The third kappa shape index (κ3) is 4.44. The first-order valence-electron chi connectivity index (χ1n) is 5.85. The Balaban J connectivity index is 1.73. The molecule has 1 aliphatic rings. The van der Waals surface area contributed by atoms with Crippen molar-refractivity contribution in [2.75, 3.05) is 24.2 Å². The molecule has 0 radical (unpaired) electrons. The summed E-state index contributed by atoms with van der Waals surface area (Å²) < 4.78 is 0. The molecule has 1 saturated heterocycles. The topological polar surface area (TPSA) is 66.9 Å². The van der Waals surface area contributed by atoms with E-state index in [1.807, 2.05) is 0 Å². The van der Waals surface area contributed by atoms with Gasteiger partial charge in [0.15, 0.2) is 11.0 Å². The Morgan fingerprint density at radius 2 is 2.22 bits per heavy atom. The Labute approximate surface area is 115 Å². The fourth-order valence-electron chi connectivity index (χ4n) is 1.72. The van der Waals surface area contributed by atoms with Gasteiger partial charge in [0.05, 0.1) is 5.75 Å². The number of aromatic nitrogens is 2. The van der Waals surface area contributed by atoms with Crippen molar-refractivity contribution in [1.29, 1.82) is 0 Å².